The third-order valence-corrected chi connectivity index (χ3v) is 1.21. The van der Waals surface area contributed by atoms with Crippen LogP contribution in [0.3, 0.4) is 0 Å². The highest BCUT2D eigenvalue weighted by Gasteiger charge is 1.95. The second kappa shape index (κ2) is 2.40. The minimum absolute atomic E-state index is 0.143. The van der Waals surface area contributed by atoms with Gasteiger partial charge in [-0.3, -0.25) is 0 Å². The molecule has 0 saturated heterocycles. The van der Waals surface area contributed by atoms with Gasteiger partial charge in [0.25, 0.3) is 0 Å². The Labute approximate surface area is 59.3 Å². The van der Waals surface area contributed by atoms with Crippen LogP contribution in [0.1, 0.15) is 11.1 Å². The molecule has 0 aliphatic carbocycles. The fraction of sp³-hybridized carbons (Fsp3) is 0. The molecule has 0 unspecified atom stereocenters. The van der Waals surface area contributed by atoms with E-state index in [0.29, 0.717) is 11.1 Å². The van der Waals surface area contributed by atoms with Crippen molar-refractivity contribution in [2.24, 2.45) is 0 Å². The van der Waals surface area contributed by atoms with Gasteiger partial charge in [0.2, 0.25) is 0 Å². The smallest absolute Gasteiger partial charge is 0.115 e. The molecule has 0 bridgehead atoms. The van der Waals surface area contributed by atoms with Crippen molar-refractivity contribution in [2.45, 2.75) is 0 Å². The van der Waals surface area contributed by atoms with E-state index in [1.54, 1.807) is 0 Å². The van der Waals surface area contributed by atoms with Crippen molar-refractivity contribution >= 4 is 0 Å². The highest BCUT2D eigenvalue weighted by molar-refractivity contribution is 5.43. The lowest BCUT2D eigenvalue weighted by molar-refractivity contribution is 0.475. The van der Waals surface area contributed by atoms with Crippen LogP contribution in [-0.2, 0) is 0 Å². The summed E-state index contributed by atoms with van der Waals surface area (Å²) >= 11 is 0. The first-order valence-electron chi connectivity index (χ1n) is 2.79. The Morgan fingerprint density at radius 2 is 2.20 bits per heavy atom. The normalized spacial score (nSPS) is 8.80. The monoisotopic (exact) mass is 132 g/mol. The summed E-state index contributed by atoms with van der Waals surface area (Å²) in [6, 6.07) is 6.41. The number of nitriles is 1. The maximum absolute atomic E-state index is 8.88. The van der Waals surface area contributed by atoms with Crippen molar-refractivity contribution in [3.8, 4) is 11.8 Å². The highest BCUT2D eigenvalue weighted by Crippen LogP contribution is 2.13. The molecule has 2 heteroatoms. The average Bonchev–Trinajstić information content (AvgIpc) is 1.88. The molecule has 0 fully saturated rings. The van der Waals surface area contributed by atoms with Crippen molar-refractivity contribution < 1.29 is 5.11 Å². The second-order valence-electron chi connectivity index (χ2n) is 1.95. The molecule has 0 saturated carbocycles. The Bertz CT molecular complexity index is 286. The molecule has 49 valence electrons. The highest BCUT2D eigenvalue weighted by atomic mass is 16.3. The molecule has 10 heavy (non-hydrogen) atoms. The molecular formula is C8H6NO. The van der Waals surface area contributed by atoms with Gasteiger partial charge in [-0.05, 0) is 30.7 Å². The predicted molar refractivity (Wildman–Crippen MR) is 37.3 cm³/mol. The van der Waals surface area contributed by atoms with Gasteiger partial charge >= 0.3 is 0 Å². The summed E-state index contributed by atoms with van der Waals surface area (Å²) in [5.41, 5.74) is 1.06. The fourth-order valence-corrected chi connectivity index (χ4v) is 0.689. The van der Waals surface area contributed by atoms with E-state index in [2.05, 4.69) is 6.92 Å². The first kappa shape index (κ1) is 6.63. The Morgan fingerprint density at radius 3 is 2.70 bits per heavy atom. The van der Waals surface area contributed by atoms with Crippen molar-refractivity contribution in [2.75, 3.05) is 0 Å². The first-order chi connectivity index (χ1) is 4.74. The van der Waals surface area contributed by atoms with Crippen LogP contribution < -0.4 is 0 Å². The van der Waals surface area contributed by atoms with E-state index in [4.69, 9.17) is 10.4 Å². The third kappa shape index (κ3) is 1.08. The van der Waals surface area contributed by atoms with Crippen LogP contribution in [0.2, 0.25) is 0 Å². The van der Waals surface area contributed by atoms with E-state index >= 15 is 0 Å². The van der Waals surface area contributed by atoms with Crippen molar-refractivity contribution in [3.63, 3.8) is 0 Å². The maximum Gasteiger partial charge on any atom is 0.115 e. The lowest BCUT2D eigenvalue weighted by Crippen LogP contribution is -1.79. The minimum Gasteiger partial charge on any atom is -0.508 e. The summed E-state index contributed by atoms with van der Waals surface area (Å²) in [6.45, 7) is 3.57. The zero-order chi connectivity index (χ0) is 7.56. The minimum atomic E-state index is 0.143. The molecule has 0 aliphatic rings. The molecule has 0 atom stereocenters. The summed E-state index contributed by atoms with van der Waals surface area (Å²) < 4.78 is 0. The Hall–Kier alpha value is -1.49. The molecule has 0 spiro atoms. The number of rotatable bonds is 0. The molecule has 1 N–H and O–H groups in total. The van der Waals surface area contributed by atoms with Gasteiger partial charge in [0.05, 0.1) is 11.6 Å². The Morgan fingerprint density at radius 1 is 1.50 bits per heavy atom. The molecule has 1 aromatic rings. The zero-order valence-electron chi connectivity index (χ0n) is 5.33. The number of phenols is 1. The quantitative estimate of drug-likeness (QED) is 0.580. The maximum atomic E-state index is 8.88. The molecule has 2 nitrogen and oxygen atoms in total. The lowest BCUT2D eigenvalue weighted by Gasteiger charge is -1.95. The summed E-state index contributed by atoms with van der Waals surface area (Å²) in [4.78, 5) is 0. The van der Waals surface area contributed by atoms with Gasteiger partial charge in [-0.1, -0.05) is 0 Å². The van der Waals surface area contributed by atoms with Gasteiger partial charge in [-0.15, -0.1) is 0 Å². The Balaban J connectivity index is 3.23. The third-order valence-electron chi connectivity index (χ3n) is 1.21. The van der Waals surface area contributed by atoms with Gasteiger partial charge in [-0.2, -0.15) is 5.26 Å². The molecule has 0 aliphatic heterocycles. The van der Waals surface area contributed by atoms with Gasteiger partial charge in [0.1, 0.15) is 5.75 Å². The fourth-order valence-electron chi connectivity index (χ4n) is 0.689. The summed E-state index contributed by atoms with van der Waals surface area (Å²) in [7, 11) is 0. The van der Waals surface area contributed by atoms with Gasteiger partial charge in [-0.25, -0.2) is 0 Å². The molecular weight excluding hydrogens is 126 g/mol. The average molecular weight is 132 g/mol. The van der Waals surface area contributed by atoms with E-state index in [1.807, 2.05) is 6.07 Å². The van der Waals surface area contributed by atoms with Crippen LogP contribution >= 0.6 is 0 Å². The molecule has 1 aromatic carbocycles. The van der Waals surface area contributed by atoms with E-state index in [9.17, 15) is 0 Å². The summed E-state index contributed by atoms with van der Waals surface area (Å²) in [6.07, 6.45) is 0. The van der Waals surface area contributed by atoms with Crippen molar-refractivity contribution in [1.29, 1.82) is 5.26 Å². The lowest BCUT2D eigenvalue weighted by atomic mass is 10.1. The Kier molecular flexibility index (Phi) is 1.59. The van der Waals surface area contributed by atoms with Crippen LogP contribution in [-0.4, -0.2) is 5.11 Å². The molecule has 0 heterocycles. The van der Waals surface area contributed by atoms with Gasteiger partial charge < -0.3 is 5.11 Å². The van der Waals surface area contributed by atoms with E-state index < -0.39 is 0 Å². The number of nitrogens with zero attached hydrogens (tertiary/aromatic N) is 1. The summed E-state index contributed by atoms with van der Waals surface area (Å²) in [5.74, 6) is 0.143. The van der Waals surface area contributed by atoms with Crippen LogP contribution in [0.25, 0.3) is 0 Å². The number of hydrogen-bond acceptors (Lipinski definition) is 2. The van der Waals surface area contributed by atoms with Gasteiger partial charge in [0, 0.05) is 0 Å². The largest absolute Gasteiger partial charge is 0.508 e. The van der Waals surface area contributed by atoms with Crippen molar-refractivity contribution in [3.05, 3.63) is 36.2 Å². The van der Waals surface area contributed by atoms with Crippen LogP contribution in [0.5, 0.6) is 5.75 Å². The van der Waals surface area contributed by atoms with E-state index in [-0.39, 0.29) is 5.75 Å². The SMILES string of the molecule is [CH2]c1cc(O)ccc1C#N. The van der Waals surface area contributed by atoms with Crippen molar-refractivity contribution in [1.82, 2.24) is 0 Å². The number of benzene rings is 1. The molecule has 0 amide bonds. The number of hydrogen-bond donors (Lipinski definition) is 1. The molecule has 1 rings (SSSR count). The van der Waals surface area contributed by atoms with E-state index in [1.165, 1.54) is 18.2 Å². The number of phenolic OH excluding ortho intramolecular Hbond substituents is 1. The van der Waals surface area contributed by atoms with Gasteiger partial charge in [0.15, 0.2) is 0 Å². The zero-order valence-corrected chi connectivity index (χ0v) is 5.33. The predicted octanol–water partition coefficient (Wildman–Crippen LogP) is 1.45. The van der Waals surface area contributed by atoms with Crippen LogP contribution in [0, 0.1) is 18.3 Å². The standard InChI is InChI=1S/C8H6NO/c1-6-4-8(10)3-2-7(6)5-9/h2-4,10H,1H2. The number of aromatic hydroxyl groups is 1. The van der Waals surface area contributed by atoms with E-state index in [0.717, 1.165) is 0 Å². The molecule has 1 radical (unpaired) electrons. The molecule has 0 aromatic heterocycles. The summed E-state index contributed by atoms with van der Waals surface area (Å²) in [5, 5.41) is 17.3. The van der Waals surface area contributed by atoms with Crippen LogP contribution in [0.4, 0.5) is 0 Å². The topological polar surface area (TPSA) is 44.0 Å². The second-order valence-corrected chi connectivity index (χ2v) is 1.95. The first-order valence-corrected chi connectivity index (χ1v) is 2.79. The van der Waals surface area contributed by atoms with Crippen LogP contribution in [0.15, 0.2) is 18.2 Å².